The van der Waals surface area contributed by atoms with E-state index < -0.39 is 30.0 Å². The fourth-order valence-corrected chi connectivity index (χ4v) is 2.19. The lowest BCUT2D eigenvalue weighted by Gasteiger charge is -2.11. The van der Waals surface area contributed by atoms with Crippen LogP contribution in [0.25, 0.3) is 0 Å². The van der Waals surface area contributed by atoms with Crippen LogP contribution in [0.1, 0.15) is 31.8 Å². The Morgan fingerprint density at radius 2 is 1.60 bits per heavy atom. The molecular weight excluding hydrogens is 330 g/mol. The van der Waals surface area contributed by atoms with E-state index >= 15 is 0 Å². The number of carbonyl (C=O) groups excluding carboxylic acids is 1. The number of aliphatic carboxylic acids is 1. The van der Waals surface area contributed by atoms with Crippen LogP contribution < -0.4 is 5.32 Å². The number of amides is 1. The number of carboxylic acids is 2. The van der Waals surface area contributed by atoms with Gasteiger partial charge in [-0.2, -0.15) is 0 Å². The second-order valence-electron chi connectivity index (χ2n) is 5.26. The van der Waals surface area contributed by atoms with Gasteiger partial charge in [0.05, 0.1) is 17.5 Å². The van der Waals surface area contributed by atoms with Gasteiger partial charge in [0, 0.05) is 12.1 Å². The number of hydrogen-bond donors (Lipinski definition) is 5. The van der Waals surface area contributed by atoms with E-state index in [1.165, 1.54) is 24.3 Å². The minimum Gasteiger partial charge on any atom is -0.508 e. The summed E-state index contributed by atoms with van der Waals surface area (Å²) in [5.74, 6) is -3.84. The maximum atomic E-state index is 12.2. The summed E-state index contributed by atoms with van der Waals surface area (Å²) in [5.41, 5.74) is 0.407. The van der Waals surface area contributed by atoms with Gasteiger partial charge in [0.1, 0.15) is 11.5 Å². The van der Waals surface area contributed by atoms with Crippen molar-refractivity contribution < 1.29 is 34.8 Å². The molecule has 0 unspecified atom stereocenters. The van der Waals surface area contributed by atoms with Crippen molar-refractivity contribution >= 4 is 17.8 Å². The predicted octanol–water partition coefficient (Wildman–Crippen LogP) is 1.35. The van der Waals surface area contributed by atoms with Crippen molar-refractivity contribution in [1.82, 2.24) is 5.32 Å². The first-order chi connectivity index (χ1) is 11.8. The zero-order chi connectivity index (χ0) is 18.6. The van der Waals surface area contributed by atoms with Gasteiger partial charge in [-0.1, -0.05) is 12.1 Å². The van der Waals surface area contributed by atoms with E-state index in [4.69, 9.17) is 10.2 Å². The summed E-state index contributed by atoms with van der Waals surface area (Å²) in [7, 11) is 0. The summed E-state index contributed by atoms with van der Waals surface area (Å²) < 4.78 is 0. The SMILES string of the molecule is O=C(O)Cc1cc(O)cc(C(=O)NCc2ccc(C(=O)O)cc2)c1O. The average molecular weight is 345 g/mol. The van der Waals surface area contributed by atoms with E-state index in [2.05, 4.69) is 5.32 Å². The second kappa shape index (κ2) is 7.35. The van der Waals surface area contributed by atoms with Gasteiger partial charge in [0.25, 0.3) is 5.91 Å². The maximum absolute atomic E-state index is 12.2. The second-order valence-corrected chi connectivity index (χ2v) is 5.26. The van der Waals surface area contributed by atoms with Gasteiger partial charge in [0.15, 0.2) is 0 Å². The van der Waals surface area contributed by atoms with Crippen LogP contribution in [0.3, 0.4) is 0 Å². The normalized spacial score (nSPS) is 10.2. The minimum atomic E-state index is -1.22. The van der Waals surface area contributed by atoms with Crippen molar-refractivity contribution in [2.75, 3.05) is 0 Å². The van der Waals surface area contributed by atoms with Crippen molar-refractivity contribution in [3.63, 3.8) is 0 Å². The van der Waals surface area contributed by atoms with Gasteiger partial charge < -0.3 is 25.7 Å². The topological polar surface area (TPSA) is 144 Å². The Balaban J connectivity index is 2.14. The molecule has 0 aliphatic carbocycles. The molecule has 5 N–H and O–H groups in total. The van der Waals surface area contributed by atoms with Gasteiger partial charge in [-0.25, -0.2) is 4.79 Å². The molecule has 0 spiro atoms. The lowest BCUT2D eigenvalue weighted by molar-refractivity contribution is -0.136. The summed E-state index contributed by atoms with van der Waals surface area (Å²) in [6.07, 6.45) is -0.544. The molecule has 0 aliphatic rings. The highest BCUT2D eigenvalue weighted by molar-refractivity contribution is 5.98. The Labute approximate surface area is 142 Å². The largest absolute Gasteiger partial charge is 0.508 e. The third-order valence-corrected chi connectivity index (χ3v) is 3.41. The average Bonchev–Trinajstić information content (AvgIpc) is 2.55. The van der Waals surface area contributed by atoms with Crippen molar-refractivity contribution in [3.05, 3.63) is 58.7 Å². The van der Waals surface area contributed by atoms with Crippen LogP contribution in [0, 0.1) is 0 Å². The quantitative estimate of drug-likeness (QED) is 0.497. The molecule has 0 fully saturated rings. The molecule has 0 saturated heterocycles. The van der Waals surface area contributed by atoms with E-state index in [0.29, 0.717) is 5.56 Å². The fourth-order valence-electron chi connectivity index (χ4n) is 2.19. The number of rotatable bonds is 6. The van der Waals surface area contributed by atoms with Crippen LogP contribution in [-0.4, -0.2) is 38.3 Å². The lowest BCUT2D eigenvalue weighted by atomic mass is 10.0. The summed E-state index contributed by atoms with van der Waals surface area (Å²) in [4.78, 5) is 33.7. The highest BCUT2D eigenvalue weighted by Gasteiger charge is 2.18. The molecule has 0 radical (unpaired) electrons. The predicted molar refractivity (Wildman–Crippen MR) is 85.7 cm³/mol. The van der Waals surface area contributed by atoms with Crippen LogP contribution in [0.15, 0.2) is 36.4 Å². The zero-order valence-electron chi connectivity index (χ0n) is 12.9. The summed E-state index contributed by atoms with van der Waals surface area (Å²) in [6.45, 7) is 0.0576. The fraction of sp³-hybridized carbons (Fsp3) is 0.118. The Bertz CT molecular complexity index is 828. The van der Waals surface area contributed by atoms with Gasteiger partial charge in [-0.05, 0) is 29.8 Å². The molecule has 0 aliphatic heterocycles. The first-order valence-electron chi connectivity index (χ1n) is 7.15. The highest BCUT2D eigenvalue weighted by Crippen LogP contribution is 2.28. The van der Waals surface area contributed by atoms with Crippen LogP contribution in [0.4, 0.5) is 0 Å². The number of carboxylic acid groups (broad SMARTS) is 2. The molecule has 8 nitrogen and oxygen atoms in total. The van der Waals surface area contributed by atoms with Gasteiger partial charge in [-0.15, -0.1) is 0 Å². The van der Waals surface area contributed by atoms with Crippen molar-refractivity contribution in [2.45, 2.75) is 13.0 Å². The molecule has 130 valence electrons. The molecule has 0 saturated carbocycles. The van der Waals surface area contributed by atoms with Crippen LogP contribution >= 0.6 is 0 Å². The van der Waals surface area contributed by atoms with Crippen molar-refractivity contribution in [1.29, 1.82) is 0 Å². The first-order valence-corrected chi connectivity index (χ1v) is 7.15. The smallest absolute Gasteiger partial charge is 0.335 e. The molecule has 25 heavy (non-hydrogen) atoms. The van der Waals surface area contributed by atoms with Gasteiger partial charge in [0.2, 0.25) is 0 Å². The minimum absolute atomic E-state index is 0.0576. The Hall–Kier alpha value is -3.55. The van der Waals surface area contributed by atoms with Crippen LogP contribution in [0.2, 0.25) is 0 Å². The number of hydrogen-bond acceptors (Lipinski definition) is 5. The number of benzene rings is 2. The number of phenolic OH excluding ortho intramolecular Hbond substituents is 2. The Morgan fingerprint density at radius 3 is 2.16 bits per heavy atom. The summed E-state index contributed by atoms with van der Waals surface area (Å²) in [6, 6.07) is 7.94. The van der Waals surface area contributed by atoms with Crippen molar-refractivity contribution in [2.24, 2.45) is 0 Å². The number of phenols is 2. The van der Waals surface area contributed by atoms with E-state index in [1.54, 1.807) is 0 Å². The third kappa shape index (κ3) is 4.47. The van der Waals surface area contributed by atoms with E-state index in [1.807, 2.05) is 0 Å². The third-order valence-electron chi connectivity index (χ3n) is 3.41. The molecule has 0 aromatic heterocycles. The molecule has 0 heterocycles. The van der Waals surface area contributed by atoms with Gasteiger partial charge in [-0.3, -0.25) is 9.59 Å². The first kappa shape index (κ1) is 17.8. The molecule has 2 rings (SSSR count). The van der Waals surface area contributed by atoms with Gasteiger partial charge >= 0.3 is 11.9 Å². The van der Waals surface area contributed by atoms with E-state index in [0.717, 1.165) is 12.1 Å². The molecule has 2 aromatic carbocycles. The molecular formula is C17H15NO7. The Kier molecular flexibility index (Phi) is 5.23. The Morgan fingerprint density at radius 1 is 0.960 bits per heavy atom. The maximum Gasteiger partial charge on any atom is 0.335 e. The van der Waals surface area contributed by atoms with E-state index in [-0.39, 0.29) is 29.0 Å². The monoisotopic (exact) mass is 345 g/mol. The lowest BCUT2D eigenvalue weighted by Crippen LogP contribution is -2.23. The summed E-state index contributed by atoms with van der Waals surface area (Å²) >= 11 is 0. The summed E-state index contributed by atoms with van der Waals surface area (Å²) in [5, 5.41) is 39.8. The van der Waals surface area contributed by atoms with E-state index in [9.17, 15) is 24.6 Å². The number of aromatic hydroxyl groups is 2. The standard InChI is InChI=1S/C17H15NO7/c19-12-5-11(6-14(20)21)15(22)13(7-12)16(23)18-8-9-1-3-10(4-2-9)17(24)25/h1-5,7,19,22H,6,8H2,(H,18,23)(H,20,21)(H,24,25). The highest BCUT2D eigenvalue weighted by atomic mass is 16.4. The molecule has 2 aromatic rings. The number of aromatic carboxylic acids is 1. The molecule has 1 amide bonds. The zero-order valence-corrected chi connectivity index (χ0v) is 12.9. The van der Waals surface area contributed by atoms with Crippen LogP contribution in [-0.2, 0) is 17.8 Å². The van der Waals surface area contributed by atoms with Crippen molar-refractivity contribution in [3.8, 4) is 11.5 Å². The molecule has 0 bridgehead atoms. The van der Waals surface area contributed by atoms with Crippen LogP contribution in [0.5, 0.6) is 11.5 Å². The number of nitrogens with one attached hydrogen (secondary N) is 1. The molecule has 8 heteroatoms. The molecule has 0 atom stereocenters. The number of carbonyl (C=O) groups is 3.